The van der Waals surface area contributed by atoms with E-state index in [1.807, 2.05) is 0 Å². The molecule has 0 amide bonds. The number of halogens is 1. The Bertz CT molecular complexity index is 640. The number of hydrogen-bond donors (Lipinski definition) is 0. The third kappa shape index (κ3) is 3.42. The van der Waals surface area contributed by atoms with E-state index in [2.05, 4.69) is 25.7 Å². The summed E-state index contributed by atoms with van der Waals surface area (Å²) in [6, 6.07) is 11.3. The Kier molecular flexibility index (Phi) is 4.47. The van der Waals surface area contributed by atoms with E-state index in [-0.39, 0.29) is 11.4 Å². The van der Waals surface area contributed by atoms with Crippen LogP contribution in [0, 0.1) is 0 Å². The molecule has 0 fully saturated rings. The maximum Gasteiger partial charge on any atom is 0.362 e. The molecule has 0 N–H and O–H groups in total. The fourth-order valence-corrected chi connectivity index (χ4v) is 1.69. The van der Waals surface area contributed by atoms with Crippen LogP contribution in [0.3, 0.4) is 0 Å². The molecule has 20 heavy (non-hydrogen) atoms. The molecule has 0 bridgehead atoms. The number of methoxy groups -OCH3 is 1. The van der Waals surface area contributed by atoms with Crippen LogP contribution in [0.5, 0.6) is 5.75 Å². The van der Waals surface area contributed by atoms with Crippen LogP contribution in [-0.2, 0) is 4.74 Å². The number of esters is 2. The lowest BCUT2D eigenvalue weighted by Gasteiger charge is -2.05. The van der Waals surface area contributed by atoms with Gasteiger partial charge < -0.3 is 9.47 Å². The molecule has 2 rings (SSSR count). The maximum absolute atomic E-state index is 11.9. The van der Waals surface area contributed by atoms with Crippen molar-refractivity contribution in [3.05, 3.63) is 58.3 Å². The van der Waals surface area contributed by atoms with E-state index < -0.39 is 11.9 Å². The average Bonchev–Trinajstić information content (AvgIpc) is 2.49. The summed E-state index contributed by atoms with van der Waals surface area (Å²) in [4.78, 5) is 27.2. The zero-order valence-electron chi connectivity index (χ0n) is 10.5. The number of ether oxygens (including phenoxy) is 2. The molecule has 0 aliphatic rings. The first kappa shape index (κ1) is 14.2. The molecule has 0 atom stereocenters. The third-order valence-electron chi connectivity index (χ3n) is 2.38. The van der Waals surface area contributed by atoms with Crippen molar-refractivity contribution in [3.63, 3.8) is 0 Å². The Balaban J connectivity index is 2.17. The number of carbonyl (C=O) groups is 2. The predicted molar refractivity (Wildman–Crippen MR) is 74.7 cm³/mol. The standard InChI is InChI=1S/C14H10BrNO4/c1-19-13(17)11-3-2-4-12(16-11)14(18)20-10-7-5-9(15)6-8-10/h2-8H,1H3. The molecule has 0 saturated heterocycles. The highest BCUT2D eigenvalue weighted by Gasteiger charge is 2.14. The van der Waals surface area contributed by atoms with Gasteiger partial charge in [-0.3, -0.25) is 0 Å². The van der Waals surface area contributed by atoms with Crippen LogP contribution in [0.4, 0.5) is 0 Å². The van der Waals surface area contributed by atoms with Crippen LogP contribution < -0.4 is 4.74 Å². The number of benzene rings is 1. The lowest BCUT2D eigenvalue weighted by molar-refractivity contribution is 0.0593. The second kappa shape index (κ2) is 6.29. The second-order valence-corrected chi connectivity index (χ2v) is 4.66. The molecular formula is C14H10BrNO4. The number of hydrogen-bond acceptors (Lipinski definition) is 5. The van der Waals surface area contributed by atoms with Crippen molar-refractivity contribution in [3.8, 4) is 5.75 Å². The molecule has 0 radical (unpaired) electrons. The molecule has 0 aliphatic heterocycles. The van der Waals surface area contributed by atoms with Gasteiger partial charge >= 0.3 is 11.9 Å². The second-order valence-electron chi connectivity index (χ2n) is 3.74. The van der Waals surface area contributed by atoms with Gasteiger partial charge in [0.2, 0.25) is 0 Å². The number of rotatable bonds is 3. The maximum atomic E-state index is 11.9. The minimum absolute atomic E-state index is 0.0378. The highest BCUT2D eigenvalue weighted by Crippen LogP contribution is 2.17. The van der Waals surface area contributed by atoms with E-state index in [4.69, 9.17) is 4.74 Å². The van der Waals surface area contributed by atoms with E-state index >= 15 is 0 Å². The lowest BCUT2D eigenvalue weighted by atomic mass is 10.3. The zero-order valence-corrected chi connectivity index (χ0v) is 12.1. The van der Waals surface area contributed by atoms with Gasteiger partial charge in [0.05, 0.1) is 7.11 Å². The highest BCUT2D eigenvalue weighted by atomic mass is 79.9. The van der Waals surface area contributed by atoms with Crippen molar-refractivity contribution in [2.24, 2.45) is 0 Å². The highest BCUT2D eigenvalue weighted by molar-refractivity contribution is 9.10. The molecule has 102 valence electrons. The number of carbonyl (C=O) groups excluding carboxylic acids is 2. The summed E-state index contributed by atoms with van der Waals surface area (Å²) in [6.45, 7) is 0. The summed E-state index contributed by atoms with van der Waals surface area (Å²) in [5.41, 5.74) is 0.0913. The number of nitrogens with zero attached hydrogens (tertiary/aromatic N) is 1. The van der Waals surface area contributed by atoms with Gasteiger partial charge in [0.25, 0.3) is 0 Å². The van der Waals surface area contributed by atoms with Crippen LogP contribution in [-0.4, -0.2) is 24.0 Å². The topological polar surface area (TPSA) is 65.5 Å². The molecule has 1 aromatic heterocycles. The summed E-state index contributed by atoms with van der Waals surface area (Å²) >= 11 is 3.29. The van der Waals surface area contributed by atoms with Crippen LogP contribution >= 0.6 is 15.9 Å². The van der Waals surface area contributed by atoms with Gasteiger partial charge in [-0.15, -0.1) is 0 Å². The van der Waals surface area contributed by atoms with Crippen LogP contribution in [0.1, 0.15) is 21.0 Å². The first-order valence-electron chi connectivity index (χ1n) is 5.63. The third-order valence-corrected chi connectivity index (χ3v) is 2.91. The number of aromatic nitrogens is 1. The first-order chi connectivity index (χ1) is 9.60. The molecule has 0 unspecified atom stereocenters. The summed E-state index contributed by atoms with van der Waals surface area (Å²) < 4.78 is 10.6. The summed E-state index contributed by atoms with van der Waals surface area (Å²) in [5.74, 6) is -0.857. The molecule has 0 aliphatic carbocycles. The largest absolute Gasteiger partial charge is 0.464 e. The van der Waals surface area contributed by atoms with Gasteiger partial charge in [0.1, 0.15) is 17.1 Å². The molecule has 5 nitrogen and oxygen atoms in total. The van der Waals surface area contributed by atoms with Crippen LogP contribution in [0.25, 0.3) is 0 Å². The molecule has 1 aromatic carbocycles. The smallest absolute Gasteiger partial charge is 0.362 e. The fraction of sp³-hybridized carbons (Fsp3) is 0.0714. The van der Waals surface area contributed by atoms with Gasteiger partial charge in [-0.25, -0.2) is 14.6 Å². The van der Waals surface area contributed by atoms with Crippen molar-refractivity contribution in [2.45, 2.75) is 0 Å². The normalized spacial score (nSPS) is 9.90. The molecule has 6 heteroatoms. The van der Waals surface area contributed by atoms with Gasteiger partial charge in [-0.1, -0.05) is 22.0 Å². The Hall–Kier alpha value is -2.21. The SMILES string of the molecule is COC(=O)c1cccc(C(=O)Oc2ccc(Br)cc2)n1. The van der Waals surface area contributed by atoms with Crippen molar-refractivity contribution in [1.82, 2.24) is 4.98 Å². The molecule has 1 heterocycles. The summed E-state index contributed by atoms with van der Waals surface area (Å²) in [6.07, 6.45) is 0. The molecule has 2 aromatic rings. The Morgan fingerprint density at radius 1 is 1.00 bits per heavy atom. The summed E-state index contributed by atoms with van der Waals surface area (Å²) in [5, 5.41) is 0. The van der Waals surface area contributed by atoms with Crippen LogP contribution in [0.2, 0.25) is 0 Å². The van der Waals surface area contributed by atoms with E-state index in [0.717, 1.165) is 4.47 Å². The van der Waals surface area contributed by atoms with Crippen molar-refractivity contribution in [2.75, 3.05) is 7.11 Å². The van der Waals surface area contributed by atoms with Crippen molar-refractivity contribution >= 4 is 27.9 Å². The van der Waals surface area contributed by atoms with E-state index in [0.29, 0.717) is 5.75 Å². The number of pyridine rings is 1. The first-order valence-corrected chi connectivity index (χ1v) is 6.42. The molecule has 0 saturated carbocycles. The predicted octanol–water partition coefficient (Wildman–Crippen LogP) is 2.85. The lowest BCUT2D eigenvalue weighted by Crippen LogP contribution is -2.13. The quantitative estimate of drug-likeness (QED) is 0.637. The van der Waals surface area contributed by atoms with Gasteiger partial charge in [0, 0.05) is 4.47 Å². The van der Waals surface area contributed by atoms with Crippen molar-refractivity contribution in [1.29, 1.82) is 0 Å². The monoisotopic (exact) mass is 335 g/mol. The fourth-order valence-electron chi connectivity index (χ4n) is 1.43. The minimum atomic E-state index is -0.641. The minimum Gasteiger partial charge on any atom is -0.464 e. The molecular weight excluding hydrogens is 326 g/mol. The Labute approximate surface area is 123 Å². The molecule has 0 spiro atoms. The van der Waals surface area contributed by atoms with E-state index in [9.17, 15) is 9.59 Å². The van der Waals surface area contributed by atoms with Crippen LogP contribution in [0.15, 0.2) is 46.9 Å². The average molecular weight is 336 g/mol. The van der Waals surface area contributed by atoms with E-state index in [1.165, 1.54) is 25.3 Å². The van der Waals surface area contributed by atoms with Gasteiger partial charge in [-0.05, 0) is 36.4 Å². The summed E-state index contributed by atoms with van der Waals surface area (Å²) in [7, 11) is 1.25. The van der Waals surface area contributed by atoms with Crippen molar-refractivity contribution < 1.29 is 19.1 Å². The van der Waals surface area contributed by atoms with Gasteiger partial charge in [0.15, 0.2) is 0 Å². The zero-order chi connectivity index (χ0) is 14.5. The van der Waals surface area contributed by atoms with Gasteiger partial charge in [-0.2, -0.15) is 0 Å². The Morgan fingerprint density at radius 3 is 2.20 bits per heavy atom. The Morgan fingerprint density at radius 2 is 1.60 bits per heavy atom. The van der Waals surface area contributed by atoms with E-state index in [1.54, 1.807) is 24.3 Å².